The van der Waals surface area contributed by atoms with Crippen LogP contribution in [-0.2, 0) is 19.1 Å². The van der Waals surface area contributed by atoms with Crippen LogP contribution in [0.3, 0.4) is 0 Å². The normalized spacial score (nSPS) is 12.4. The molecule has 3 rings (SSSR count). The summed E-state index contributed by atoms with van der Waals surface area (Å²) in [5.74, 6) is -1.15. The molecule has 2 aromatic carbocycles. The van der Waals surface area contributed by atoms with Gasteiger partial charge in [-0.25, -0.2) is 0 Å². The number of ether oxygens (including phenoxy) is 2. The Morgan fingerprint density at radius 2 is 1.86 bits per heavy atom. The Morgan fingerprint density at radius 3 is 2.61 bits per heavy atom. The highest BCUT2D eigenvalue weighted by Crippen LogP contribution is 2.31. The Kier molecular flexibility index (Phi) is 5.87. The molecule has 2 aromatic rings. The number of esters is 1. The van der Waals surface area contributed by atoms with E-state index in [0.717, 1.165) is 0 Å². The standard InChI is InChI=1S/C20H17N3O5/c21-10-11-22(15-6-2-1-3-7-15)18(24)14-28-20(26)12-23-16-8-4-5-9-17(16)27-13-19(23)25/h1-9H,11-14H2. The summed E-state index contributed by atoms with van der Waals surface area (Å²) in [4.78, 5) is 39.2. The summed E-state index contributed by atoms with van der Waals surface area (Å²) in [6.07, 6.45) is 0. The monoisotopic (exact) mass is 379 g/mol. The third-order valence-corrected chi connectivity index (χ3v) is 4.05. The molecule has 0 saturated carbocycles. The van der Waals surface area contributed by atoms with Crippen LogP contribution in [0.2, 0.25) is 0 Å². The largest absolute Gasteiger partial charge is 0.482 e. The first-order chi connectivity index (χ1) is 13.6. The molecule has 0 unspecified atom stereocenters. The maximum Gasteiger partial charge on any atom is 0.326 e. The van der Waals surface area contributed by atoms with Crippen LogP contribution in [0.1, 0.15) is 0 Å². The molecule has 0 fully saturated rings. The van der Waals surface area contributed by atoms with E-state index in [-0.39, 0.29) is 25.6 Å². The summed E-state index contributed by atoms with van der Waals surface area (Å²) < 4.78 is 10.4. The van der Waals surface area contributed by atoms with Crippen LogP contribution >= 0.6 is 0 Å². The minimum absolute atomic E-state index is 0.171. The number of carbonyl (C=O) groups excluding carboxylic acids is 3. The molecule has 0 aliphatic carbocycles. The second-order valence-corrected chi connectivity index (χ2v) is 5.87. The van der Waals surface area contributed by atoms with Crippen molar-refractivity contribution in [2.75, 3.05) is 36.1 Å². The molecule has 0 bridgehead atoms. The van der Waals surface area contributed by atoms with E-state index in [0.29, 0.717) is 17.1 Å². The van der Waals surface area contributed by atoms with Crippen LogP contribution in [0.15, 0.2) is 54.6 Å². The number of benzene rings is 2. The fourth-order valence-electron chi connectivity index (χ4n) is 2.72. The fraction of sp³-hybridized carbons (Fsp3) is 0.200. The van der Waals surface area contributed by atoms with Gasteiger partial charge >= 0.3 is 5.97 Å². The van der Waals surface area contributed by atoms with E-state index in [9.17, 15) is 14.4 Å². The Morgan fingerprint density at radius 1 is 1.14 bits per heavy atom. The molecular formula is C20H17N3O5. The molecule has 0 radical (unpaired) electrons. The summed E-state index contributed by atoms with van der Waals surface area (Å²) in [6, 6.07) is 17.4. The number of amides is 2. The fourth-order valence-corrected chi connectivity index (χ4v) is 2.72. The van der Waals surface area contributed by atoms with Gasteiger partial charge in [-0.05, 0) is 24.3 Å². The van der Waals surface area contributed by atoms with Gasteiger partial charge < -0.3 is 9.47 Å². The summed E-state index contributed by atoms with van der Waals surface area (Å²) in [7, 11) is 0. The number of hydrogen-bond donors (Lipinski definition) is 0. The smallest absolute Gasteiger partial charge is 0.326 e. The molecule has 0 N–H and O–H groups in total. The Labute approximate surface area is 161 Å². The molecule has 0 atom stereocenters. The minimum atomic E-state index is -0.733. The number of rotatable bonds is 6. The van der Waals surface area contributed by atoms with Gasteiger partial charge in [0.15, 0.2) is 13.2 Å². The Bertz CT molecular complexity index is 923. The second kappa shape index (κ2) is 8.68. The molecule has 0 spiro atoms. The van der Waals surface area contributed by atoms with Crippen LogP contribution < -0.4 is 14.5 Å². The van der Waals surface area contributed by atoms with Crippen molar-refractivity contribution in [3.63, 3.8) is 0 Å². The van der Waals surface area contributed by atoms with Gasteiger partial charge in [0, 0.05) is 5.69 Å². The first-order valence-electron chi connectivity index (χ1n) is 8.50. The maximum atomic E-state index is 12.4. The van der Waals surface area contributed by atoms with Crippen molar-refractivity contribution in [2.24, 2.45) is 0 Å². The number of nitriles is 1. The molecule has 0 saturated heterocycles. The van der Waals surface area contributed by atoms with Gasteiger partial charge in [-0.2, -0.15) is 5.26 Å². The molecule has 1 heterocycles. The van der Waals surface area contributed by atoms with E-state index in [1.165, 1.54) is 9.80 Å². The van der Waals surface area contributed by atoms with E-state index >= 15 is 0 Å². The minimum Gasteiger partial charge on any atom is -0.482 e. The molecule has 0 aromatic heterocycles. The van der Waals surface area contributed by atoms with Crippen molar-refractivity contribution in [1.29, 1.82) is 5.26 Å². The van der Waals surface area contributed by atoms with Gasteiger partial charge in [0.25, 0.3) is 11.8 Å². The van der Waals surface area contributed by atoms with Crippen molar-refractivity contribution < 1.29 is 23.9 Å². The molecule has 28 heavy (non-hydrogen) atoms. The van der Waals surface area contributed by atoms with Gasteiger partial charge in [-0.1, -0.05) is 30.3 Å². The van der Waals surface area contributed by atoms with Crippen molar-refractivity contribution in [3.8, 4) is 11.8 Å². The predicted molar refractivity (Wildman–Crippen MR) is 99.7 cm³/mol. The lowest BCUT2D eigenvalue weighted by Crippen LogP contribution is -2.43. The number of fused-ring (bicyclic) bond motifs is 1. The van der Waals surface area contributed by atoms with E-state index in [1.807, 2.05) is 6.07 Å². The van der Waals surface area contributed by atoms with E-state index in [4.69, 9.17) is 14.7 Å². The number of carbonyl (C=O) groups is 3. The highest BCUT2D eigenvalue weighted by atomic mass is 16.5. The van der Waals surface area contributed by atoms with Crippen LogP contribution in [-0.4, -0.2) is 44.1 Å². The van der Waals surface area contributed by atoms with E-state index in [1.54, 1.807) is 54.6 Å². The van der Waals surface area contributed by atoms with E-state index in [2.05, 4.69) is 0 Å². The predicted octanol–water partition coefficient (Wildman–Crippen LogP) is 1.51. The molecular weight excluding hydrogens is 362 g/mol. The van der Waals surface area contributed by atoms with Crippen molar-refractivity contribution >= 4 is 29.2 Å². The molecule has 8 nitrogen and oxygen atoms in total. The quantitative estimate of drug-likeness (QED) is 0.557. The topological polar surface area (TPSA) is 99.9 Å². The third kappa shape index (κ3) is 4.27. The van der Waals surface area contributed by atoms with Crippen molar-refractivity contribution in [2.45, 2.75) is 0 Å². The summed E-state index contributed by atoms with van der Waals surface area (Å²) in [5, 5.41) is 8.96. The first-order valence-corrected chi connectivity index (χ1v) is 8.50. The summed E-state index contributed by atoms with van der Waals surface area (Å²) in [6.45, 7) is -1.21. The van der Waals surface area contributed by atoms with Gasteiger partial charge in [-0.15, -0.1) is 0 Å². The number of anilines is 2. The first kappa shape index (κ1) is 18.9. The van der Waals surface area contributed by atoms with Crippen molar-refractivity contribution in [1.82, 2.24) is 0 Å². The average Bonchev–Trinajstić information content (AvgIpc) is 2.73. The highest BCUT2D eigenvalue weighted by Gasteiger charge is 2.28. The second-order valence-electron chi connectivity index (χ2n) is 5.87. The van der Waals surface area contributed by atoms with Crippen LogP contribution in [0, 0.1) is 11.3 Å². The molecule has 1 aliphatic heterocycles. The molecule has 2 amide bonds. The van der Waals surface area contributed by atoms with Crippen molar-refractivity contribution in [3.05, 3.63) is 54.6 Å². The van der Waals surface area contributed by atoms with Crippen LogP contribution in [0.4, 0.5) is 11.4 Å². The lowest BCUT2D eigenvalue weighted by molar-refractivity contribution is -0.147. The zero-order valence-electron chi connectivity index (χ0n) is 14.9. The lowest BCUT2D eigenvalue weighted by atomic mass is 10.2. The lowest BCUT2D eigenvalue weighted by Gasteiger charge is -2.28. The summed E-state index contributed by atoms with van der Waals surface area (Å²) >= 11 is 0. The van der Waals surface area contributed by atoms with Gasteiger partial charge in [0.05, 0.1) is 11.8 Å². The van der Waals surface area contributed by atoms with Gasteiger partial charge in [0.2, 0.25) is 0 Å². The average molecular weight is 379 g/mol. The molecule has 1 aliphatic rings. The van der Waals surface area contributed by atoms with Gasteiger partial charge in [0.1, 0.15) is 18.8 Å². The zero-order valence-corrected chi connectivity index (χ0v) is 14.9. The third-order valence-electron chi connectivity index (χ3n) is 4.05. The zero-order chi connectivity index (χ0) is 19.9. The number of hydrogen-bond acceptors (Lipinski definition) is 6. The highest BCUT2D eigenvalue weighted by molar-refractivity contribution is 6.02. The molecule has 142 valence electrons. The maximum absolute atomic E-state index is 12.4. The summed E-state index contributed by atoms with van der Waals surface area (Å²) in [5.41, 5.74) is 1.000. The molecule has 8 heteroatoms. The SMILES string of the molecule is N#CCN(C(=O)COC(=O)CN1C(=O)COc2ccccc21)c1ccccc1. The Balaban J connectivity index is 1.62. The number of nitrogens with zero attached hydrogens (tertiary/aromatic N) is 3. The number of para-hydroxylation sites is 3. The van der Waals surface area contributed by atoms with Gasteiger partial charge in [-0.3, -0.25) is 24.2 Å². The van der Waals surface area contributed by atoms with Crippen LogP contribution in [0.5, 0.6) is 5.75 Å². The Hall–Kier alpha value is -3.86. The van der Waals surface area contributed by atoms with Crippen LogP contribution in [0.25, 0.3) is 0 Å². The van der Waals surface area contributed by atoms with E-state index < -0.39 is 18.5 Å².